The summed E-state index contributed by atoms with van der Waals surface area (Å²) in [6.07, 6.45) is 4.34. The van der Waals surface area contributed by atoms with Crippen molar-refractivity contribution >= 4 is 11.9 Å². The Hall–Kier alpha value is -2.39. The van der Waals surface area contributed by atoms with E-state index in [4.69, 9.17) is 5.26 Å². The number of nitriles is 1. The van der Waals surface area contributed by atoms with Crippen LogP contribution in [-0.2, 0) is 10.3 Å². The second kappa shape index (κ2) is 6.85. The molecule has 2 aliphatic rings. The van der Waals surface area contributed by atoms with Crippen LogP contribution in [0.25, 0.3) is 0 Å². The van der Waals surface area contributed by atoms with E-state index in [-0.39, 0.29) is 11.9 Å². The largest absolute Gasteiger partial charge is 0.325 e. The molecule has 0 bridgehead atoms. The number of imide groups is 1. The number of urea groups is 1. The van der Waals surface area contributed by atoms with E-state index in [1.165, 1.54) is 17.7 Å². The standard InChI is InChI=1S/C19H24N4O2/c1-19(15-8-6-14(13-20)7-9-15)17(24)23(18(25)21-19)12-10-16-5-3-4-11-22(16)2/h6-9,16H,3-5,10-12H2,1-2H3,(H,21,25). The van der Waals surface area contributed by atoms with Crippen LogP contribution in [0.1, 0.15) is 43.7 Å². The molecule has 3 rings (SSSR count). The van der Waals surface area contributed by atoms with E-state index in [0.717, 1.165) is 19.4 Å². The van der Waals surface area contributed by atoms with E-state index in [0.29, 0.717) is 23.7 Å². The fraction of sp³-hybridized carbons (Fsp3) is 0.526. The van der Waals surface area contributed by atoms with Crippen molar-refractivity contribution in [2.24, 2.45) is 0 Å². The molecule has 2 saturated heterocycles. The third kappa shape index (κ3) is 3.24. The molecule has 25 heavy (non-hydrogen) atoms. The van der Waals surface area contributed by atoms with Gasteiger partial charge in [0.2, 0.25) is 0 Å². The third-order valence-electron chi connectivity index (χ3n) is 5.47. The average Bonchev–Trinajstić information content (AvgIpc) is 2.84. The summed E-state index contributed by atoms with van der Waals surface area (Å²) in [5, 5.41) is 11.7. The fourth-order valence-electron chi connectivity index (χ4n) is 3.76. The number of hydrogen-bond donors (Lipinski definition) is 1. The van der Waals surface area contributed by atoms with Gasteiger partial charge < -0.3 is 10.2 Å². The second-order valence-corrected chi connectivity index (χ2v) is 7.12. The van der Waals surface area contributed by atoms with Crippen LogP contribution >= 0.6 is 0 Å². The lowest BCUT2D eigenvalue weighted by atomic mass is 9.91. The molecule has 6 nitrogen and oxygen atoms in total. The Morgan fingerprint density at radius 1 is 1.28 bits per heavy atom. The number of piperidine rings is 1. The highest BCUT2D eigenvalue weighted by molar-refractivity contribution is 6.07. The molecule has 0 spiro atoms. The number of nitrogens with zero attached hydrogens (tertiary/aromatic N) is 3. The van der Waals surface area contributed by atoms with Crippen molar-refractivity contribution in [3.8, 4) is 6.07 Å². The minimum atomic E-state index is -1.07. The van der Waals surface area contributed by atoms with Crippen molar-refractivity contribution in [2.75, 3.05) is 20.1 Å². The zero-order chi connectivity index (χ0) is 18.0. The van der Waals surface area contributed by atoms with Crippen molar-refractivity contribution in [2.45, 2.75) is 44.2 Å². The maximum atomic E-state index is 12.9. The Bertz CT molecular complexity index is 709. The molecule has 6 heteroatoms. The Balaban J connectivity index is 1.71. The summed E-state index contributed by atoms with van der Waals surface area (Å²) in [6, 6.07) is 8.94. The lowest BCUT2D eigenvalue weighted by molar-refractivity contribution is -0.131. The second-order valence-electron chi connectivity index (χ2n) is 7.12. The molecule has 2 atom stereocenters. The minimum Gasteiger partial charge on any atom is -0.319 e. The topological polar surface area (TPSA) is 76.4 Å². The lowest BCUT2D eigenvalue weighted by Gasteiger charge is -2.33. The summed E-state index contributed by atoms with van der Waals surface area (Å²) in [4.78, 5) is 28.9. The van der Waals surface area contributed by atoms with Gasteiger partial charge in [0.05, 0.1) is 11.6 Å². The molecule has 0 saturated carbocycles. The fourth-order valence-corrected chi connectivity index (χ4v) is 3.76. The normalized spacial score (nSPS) is 27.2. The van der Waals surface area contributed by atoms with Gasteiger partial charge in [-0.05, 0) is 57.5 Å². The Kier molecular flexibility index (Phi) is 4.78. The summed E-state index contributed by atoms with van der Waals surface area (Å²) in [6.45, 7) is 3.24. The summed E-state index contributed by atoms with van der Waals surface area (Å²) in [5.74, 6) is -0.222. The number of hydrogen-bond acceptors (Lipinski definition) is 4. The zero-order valence-electron chi connectivity index (χ0n) is 14.8. The number of carbonyl (C=O) groups excluding carboxylic acids is 2. The van der Waals surface area contributed by atoms with E-state index in [1.54, 1.807) is 31.2 Å². The molecule has 2 heterocycles. The van der Waals surface area contributed by atoms with Crippen LogP contribution in [0.5, 0.6) is 0 Å². The van der Waals surface area contributed by atoms with E-state index in [9.17, 15) is 9.59 Å². The number of likely N-dealkylation sites (tertiary alicyclic amines) is 1. The Labute approximate surface area is 148 Å². The van der Waals surface area contributed by atoms with Gasteiger partial charge in [0, 0.05) is 12.6 Å². The van der Waals surface area contributed by atoms with Gasteiger partial charge in [0.25, 0.3) is 5.91 Å². The van der Waals surface area contributed by atoms with Crippen LogP contribution in [0.4, 0.5) is 4.79 Å². The van der Waals surface area contributed by atoms with Gasteiger partial charge in [0.1, 0.15) is 5.54 Å². The molecular weight excluding hydrogens is 316 g/mol. The smallest absolute Gasteiger partial charge is 0.319 e. The molecule has 0 aliphatic carbocycles. The third-order valence-corrected chi connectivity index (χ3v) is 5.47. The number of carbonyl (C=O) groups is 2. The van der Waals surface area contributed by atoms with Gasteiger partial charge in [-0.25, -0.2) is 4.79 Å². The molecule has 2 fully saturated rings. The zero-order valence-corrected chi connectivity index (χ0v) is 14.8. The molecule has 0 aromatic heterocycles. The highest BCUT2D eigenvalue weighted by atomic mass is 16.2. The average molecular weight is 340 g/mol. The van der Waals surface area contributed by atoms with Crippen LogP contribution in [0.2, 0.25) is 0 Å². The van der Waals surface area contributed by atoms with Crippen molar-refractivity contribution in [1.82, 2.24) is 15.1 Å². The summed E-state index contributed by atoms with van der Waals surface area (Å²) < 4.78 is 0. The summed E-state index contributed by atoms with van der Waals surface area (Å²) in [7, 11) is 2.11. The quantitative estimate of drug-likeness (QED) is 0.853. The molecule has 132 valence electrons. The number of benzene rings is 1. The van der Waals surface area contributed by atoms with Crippen molar-refractivity contribution in [1.29, 1.82) is 5.26 Å². The first-order valence-electron chi connectivity index (χ1n) is 8.80. The van der Waals surface area contributed by atoms with Crippen molar-refractivity contribution in [3.05, 3.63) is 35.4 Å². The predicted molar refractivity (Wildman–Crippen MR) is 93.6 cm³/mol. The van der Waals surface area contributed by atoms with Gasteiger partial charge in [-0.3, -0.25) is 9.69 Å². The van der Waals surface area contributed by atoms with E-state index < -0.39 is 5.54 Å². The van der Waals surface area contributed by atoms with Gasteiger partial charge in [-0.2, -0.15) is 5.26 Å². The van der Waals surface area contributed by atoms with E-state index >= 15 is 0 Å². The first-order chi connectivity index (χ1) is 12.0. The van der Waals surface area contributed by atoms with E-state index in [1.807, 2.05) is 0 Å². The SMILES string of the molecule is CN1CCCCC1CCN1C(=O)NC(C)(c2ccc(C#N)cc2)C1=O. The molecule has 1 aromatic rings. The van der Waals surface area contributed by atoms with Crippen LogP contribution in [0.3, 0.4) is 0 Å². The first kappa shape index (κ1) is 17.4. The molecule has 2 aliphatic heterocycles. The summed E-state index contributed by atoms with van der Waals surface area (Å²) in [5.41, 5.74) is 0.159. The highest BCUT2D eigenvalue weighted by Crippen LogP contribution is 2.29. The molecular formula is C19H24N4O2. The number of amides is 3. The van der Waals surface area contributed by atoms with E-state index in [2.05, 4.69) is 23.3 Å². The highest BCUT2D eigenvalue weighted by Gasteiger charge is 2.48. The molecule has 1 N–H and O–H groups in total. The van der Waals surface area contributed by atoms with Gasteiger partial charge >= 0.3 is 6.03 Å². The molecule has 0 radical (unpaired) electrons. The van der Waals surface area contributed by atoms with Crippen LogP contribution in [0, 0.1) is 11.3 Å². The van der Waals surface area contributed by atoms with Crippen molar-refractivity contribution < 1.29 is 9.59 Å². The maximum absolute atomic E-state index is 12.9. The van der Waals surface area contributed by atoms with Gasteiger partial charge in [-0.15, -0.1) is 0 Å². The van der Waals surface area contributed by atoms with Crippen molar-refractivity contribution in [3.63, 3.8) is 0 Å². The van der Waals surface area contributed by atoms with Gasteiger partial charge in [0.15, 0.2) is 0 Å². The maximum Gasteiger partial charge on any atom is 0.325 e. The number of nitrogens with one attached hydrogen (secondary N) is 1. The van der Waals surface area contributed by atoms with Crippen LogP contribution < -0.4 is 5.32 Å². The summed E-state index contributed by atoms with van der Waals surface area (Å²) >= 11 is 0. The minimum absolute atomic E-state index is 0.222. The molecule has 2 unspecified atom stereocenters. The van der Waals surface area contributed by atoms with Crippen LogP contribution in [-0.4, -0.2) is 47.9 Å². The Morgan fingerprint density at radius 2 is 2.00 bits per heavy atom. The molecule has 1 aromatic carbocycles. The first-order valence-corrected chi connectivity index (χ1v) is 8.80. The molecule has 3 amide bonds. The van der Waals surface area contributed by atoms with Gasteiger partial charge in [-0.1, -0.05) is 18.6 Å². The Morgan fingerprint density at radius 3 is 2.64 bits per heavy atom. The predicted octanol–water partition coefficient (Wildman–Crippen LogP) is 2.20. The number of rotatable bonds is 4. The lowest BCUT2D eigenvalue weighted by Crippen LogP contribution is -2.42. The monoisotopic (exact) mass is 340 g/mol. The van der Waals surface area contributed by atoms with Crippen LogP contribution in [0.15, 0.2) is 24.3 Å².